The molecule has 0 radical (unpaired) electrons. The second-order valence-corrected chi connectivity index (χ2v) is 4.02. The van der Waals surface area contributed by atoms with Crippen molar-refractivity contribution in [1.29, 1.82) is 0 Å². The van der Waals surface area contributed by atoms with E-state index in [1.54, 1.807) is 18.2 Å². The van der Waals surface area contributed by atoms with Crippen LogP contribution in [0, 0.1) is 0 Å². The van der Waals surface area contributed by atoms with Crippen LogP contribution in [0.15, 0.2) is 18.2 Å². The smallest absolute Gasteiger partial charge is 0.335 e. The van der Waals surface area contributed by atoms with Crippen LogP contribution in [0.4, 0.5) is 0 Å². The summed E-state index contributed by atoms with van der Waals surface area (Å²) in [5.74, 6) is -0.131. The summed E-state index contributed by atoms with van der Waals surface area (Å²) in [6, 6.07) is 5.02. The minimum Gasteiger partial charge on any atom is -0.494 e. The molecule has 1 rings (SSSR count). The number of carboxylic acid groups (broad SMARTS) is 1. The minimum absolute atomic E-state index is 0.306. The van der Waals surface area contributed by atoms with Crippen LogP contribution in [0.5, 0.6) is 5.75 Å². The number of ether oxygens (including phenoxy) is 1. The Labute approximate surface area is 108 Å². The predicted molar refractivity (Wildman–Crippen MR) is 71.2 cm³/mol. The highest BCUT2D eigenvalue weighted by molar-refractivity contribution is 5.88. The number of carbonyl (C=O) groups is 1. The Morgan fingerprint density at radius 2 is 1.94 bits per heavy atom. The first-order valence-corrected chi connectivity index (χ1v) is 6.33. The fourth-order valence-electron chi connectivity index (χ4n) is 1.82. The number of hydrogen-bond donors (Lipinski definition) is 1. The molecule has 100 valence electrons. The Morgan fingerprint density at radius 3 is 2.44 bits per heavy atom. The zero-order valence-corrected chi connectivity index (χ0v) is 11.3. The van der Waals surface area contributed by atoms with Crippen molar-refractivity contribution in [3.05, 3.63) is 29.3 Å². The van der Waals surface area contributed by atoms with Crippen molar-refractivity contribution >= 4 is 5.97 Å². The topological polar surface area (TPSA) is 49.8 Å². The van der Waals surface area contributed by atoms with Crippen LogP contribution >= 0.6 is 0 Å². The van der Waals surface area contributed by atoms with Gasteiger partial charge < -0.3 is 9.84 Å². The fraction of sp³-hybridized carbons (Fsp3) is 0.500. The van der Waals surface area contributed by atoms with Gasteiger partial charge in [0.25, 0.3) is 0 Å². The van der Waals surface area contributed by atoms with Crippen LogP contribution in [-0.2, 0) is 6.54 Å². The summed E-state index contributed by atoms with van der Waals surface area (Å²) in [7, 11) is 0. The van der Waals surface area contributed by atoms with Gasteiger partial charge in [-0.25, -0.2) is 4.79 Å². The summed E-state index contributed by atoms with van der Waals surface area (Å²) in [5, 5.41) is 9.02. The summed E-state index contributed by atoms with van der Waals surface area (Å²) >= 11 is 0. The molecule has 0 aliphatic carbocycles. The van der Waals surface area contributed by atoms with E-state index >= 15 is 0 Å². The Hall–Kier alpha value is -1.55. The molecule has 4 nitrogen and oxygen atoms in total. The van der Waals surface area contributed by atoms with Gasteiger partial charge in [0.05, 0.1) is 12.2 Å². The van der Waals surface area contributed by atoms with Crippen LogP contribution in [0.3, 0.4) is 0 Å². The molecule has 0 saturated heterocycles. The van der Waals surface area contributed by atoms with Gasteiger partial charge in [0.1, 0.15) is 5.75 Å². The van der Waals surface area contributed by atoms with E-state index in [0.29, 0.717) is 18.7 Å². The molecule has 0 atom stereocenters. The van der Waals surface area contributed by atoms with E-state index in [1.807, 2.05) is 6.92 Å². The maximum absolute atomic E-state index is 11.0. The Kier molecular flexibility index (Phi) is 5.65. The Bertz CT molecular complexity index is 400. The molecule has 4 heteroatoms. The Morgan fingerprint density at radius 1 is 1.28 bits per heavy atom. The quantitative estimate of drug-likeness (QED) is 0.809. The molecule has 0 saturated carbocycles. The normalized spacial score (nSPS) is 10.7. The van der Waals surface area contributed by atoms with Crippen LogP contribution in [-0.4, -0.2) is 35.7 Å². The van der Waals surface area contributed by atoms with Crippen molar-refractivity contribution in [2.45, 2.75) is 27.3 Å². The van der Waals surface area contributed by atoms with Gasteiger partial charge in [-0.1, -0.05) is 13.8 Å². The second kappa shape index (κ2) is 7.01. The first kappa shape index (κ1) is 14.5. The fourth-order valence-corrected chi connectivity index (χ4v) is 1.82. The molecule has 1 aromatic carbocycles. The molecule has 1 N–H and O–H groups in total. The van der Waals surface area contributed by atoms with Gasteiger partial charge in [-0.2, -0.15) is 0 Å². The zero-order valence-electron chi connectivity index (χ0n) is 11.3. The summed E-state index contributed by atoms with van der Waals surface area (Å²) in [6.07, 6.45) is 0. The van der Waals surface area contributed by atoms with E-state index in [-0.39, 0.29) is 0 Å². The molecule has 18 heavy (non-hydrogen) atoms. The summed E-state index contributed by atoms with van der Waals surface area (Å²) < 4.78 is 5.54. The van der Waals surface area contributed by atoms with E-state index in [1.165, 1.54) is 0 Å². The van der Waals surface area contributed by atoms with Gasteiger partial charge >= 0.3 is 5.97 Å². The van der Waals surface area contributed by atoms with Gasteiger partial charge in [-0.05, 0) is 38.2 Å². The number of carboxylic acids is 1. The molecule has 1 aromatic rings. The van der Waals surface area contributed by atoms with Gasteiger partial charge in [0, 0.05) is 12.1 Å². The molecule has 0 aliphatic heterocycles. The third kappa shape index (κ3) is 3.74. The molecule has 0 aromatic heterocycles. The van der Waals surface area contributed by atoms with Gasteiger partial charge in [-0.15, -0.1) is 0 Å². The van der Waals surface area contributed by atoms with E-state index in [0.717, 1.165) is 24.4 Å². The van der Waals surface area contributed by atoms with Crippen molar-refractivity contribution in [3.63, 3.8) is 0 Å². The minimum atomic E-state index is -0.904. The van der Waals surface area contributed by atoms with E-state index in [4.69, 9.17) is 9.84 Å². The van der Waals surface area contributed by atoms with Crippen LogP contribution < -0.4 is 4.74 Å². The van der Waals surface area contributed by atoms with Crippen LogP contribution in [0.1, 0.15) is 36.7 Å². The summed E-state index contributed by atoms with van der Waals surface area (Å²) in [5.41, 5.74) is 1.24. The van der Waals surface area contributed by atoms with E-state index in [2.05, 4.69) is 18.7 Å². The van der Waals surface area contributed by atoms with Crippen molar-refractivity contribution in [2.24, 2.45) is 0 Å². The number of rotatable bonds is 7. The second-order valence-electron chi connectivity index (χ2n) is 4.02. The molecular formula is C14H21NO3. The lowest BCUT2D eigenvalue weighted by Gasteiger charge is -2.20. The zero-order chi connectivity index (χ0) is 13.5. The summed E-state index contributed by atoms with van der Waals surface area (Å²) in [4.78, 5) is 13.2. The monoisotopic (exact) mass is 251 g/mol. The molecule has 0 spiro atoms. The van der Waals surface area contributed by atoms with Crippen LogP contribution in [0.2, 0.25) is 0 Å². The average molecular weight is 251 g/mol. The Balaban J connectivity index is 3.02. The van der Waals surface area contributed by atoms with E-state index in [9.17, 15) is 4.79 Å². The van der Waals surface area contributed by atoms with Crippen molar-refractivity contribution < 1.29 is 14.6 Å². The highest BCUT2D eigenvalue weighted by Gasteiger charge is 2.11. The maximum Gasteiger partial charge on any atom is 0.335 e. The van der Waals surface area contributed by atoms with Gasteiger partial charge in [0.2, 0.25) is 0 Å². The lowest BCUT2D eigenvalue weighted by atomic mass is 10.1. The SMILES string of the molecule is CCOc1ccc(C(=O)O)cc1CN(CC)CC. The highest BCUT2D eigenvalue weighted by atomic mass is 16.5. The first-order chi connectivity index (χ1) is 8.62. The van der Waals surface area contributed by atoms with Gasteiger partial charge in [-0.3, -0.25) is 4.90 Å². The number of nitrogens with zero attached hydrogens (tertiary/aromatic N) is 1. The molecule has 0 aliphatic rings. The molecule has 0 amide bonds. The first-order valence-electron chi connectivity index (χ1n) is 6.33. The third-order valence-electron chi connectivity index (χ3n) is 2.90. The molecule has 0 unspecified atom stereocenters. The molecule has 0 bridgehead atoms. The van der Waals surface area contributed by atoms with Crippen molar-refractivity contribution in [1.82, 2.24) is 4.90 Å². The molecule has 0 heterocycles. The number of aromatic carboxylic acids is 1. The molecule has 0 fully saturated rings. The van der Waals surface area contributed by atoms with E-state index < -0.39 is 5.97 Å². The van der Waals surface area contributed by atoms with Crippen LogP contribution in [0.25, 0.3) is 0 Å². The standard InChI is InChI=1S/C14H21NO3/c1-4-15(5-2)10-12-9-11(14(16)17)7-8-13(12)18-6-3/h7-9H,4-6,10H2,1-3H3,(H,16,17). The third-order valence-corrected chi connectivity index (χ3v) is 2.90. The van der Waals surface area contributed by atoms with Gasteiger partial charge in [0.15, 0.2) is 0 Å². The lowest BCUT2D eigenvalue weighted by Crippen LogP contribution is -2.22. The number of hydrogen-bond acceptors (Lipinski definition) is 3. The molecular weight excluding hydrogens is 230 g/mol. The average Bonchev–Trinajstić information content (AvgIpc) is 2.37. The lowest BCUT2D eigenvalue weighted by molar-refractivity contribution is 0.0696. The maximum atomic E-state index is 11.0. The predicted octanol–water partition coefficient (Wildman–Crippen LogP) is 2.63. The van der Waals surface area contributed by atoms with Crippen molar-refractivity contribution in [2.75, 3.05) is 19.7 Å². The largest absolute Gasteiger partial charge is 0.494 e. The number of benzene rings is 1. The van der Waals surface area contributed by atoms with Crippen molar-refractivity contribution in [3.8, 4) is 5.75 Å². The highest BCUT2D eigenvalue weighted by Crippen LogP contribution is 2.22. The summed E-state index contributed by atoms with van der Waals surface area (Å²) in [6.45, 7) is 9.25.